The van der Waals surface area contributed by atoms with Crippen molar-refractivity contribution in [2.45, 2.75) is 13.0 Å². The van der Waals surface area contributed by atoms with Gasteiger partial charge >= 0.3 is 0 Å². The first-order valence-electron chi connectivity index (χ1n) is 9.58. The lowest BCUT2D eigenvalue weighted by Crippen LogP contribution is -3.29. The van der Waals surface area contributed by atoms with Crippen LogP contribution in [-0.2, 0) is 4.79 Å². The Morgan fingerprint density at radius 2 is 1.74 bits per heavy atom. The van der Waals surface area contributed by atoms with Crippen molar-refractivity contribution in [1.82, 2.24) is 0 Å². The zero-order valence-electron chi connectivity index (χ0n) is 15.7. The number of carbonyl (C=O) groups is 1. The Bertz CT molecular complexity index is 753. The van der Waals surface area contributed by atoms with E-state index in [2.05, 4.69) is 29.6 Å². The highest BCUT2D eigenvalue weighted by Crippen LogP contribution is 2.08. The number of carbonyl (C=O) groups excluding carboxylic acids is 1. The topological polar surface area (TPSA) is 38.0 Å². The van der Waals surface area contributed by atoms with Gasteiger partial charge in [-0.15, -0.1) is 0 Å². The summed E-state index contributed by atoms with van der Waals surface area (Å²) < 4.78 is 13.0. The third kappa shape index (κ3) is 5.74. The molecule has 0 bridgehead atoms. The molecule has 3 rings (SSSR count). The van der Waals surface area contributed by atoms with E-state index in [1.54, 1.807) is 17.0 Å². The standard InChI is InChI=1S/C22H26FN3O/c1-18(22(27)24-21-11-9-20(23)10-12-21)26-16-14-25(15-17-26)13-5-8-19-6-3-2-4-7-19/h2-12,18H,13-17H2,1H3,(H,24,27)/p+2/b8-5+/t18-/m0/s1. The van der Waals surface area contributed by atoms with Crippen LogP contribution in [0.5, 0.6) is 0 Å². The Kier molecular flexibility index (Phi) is 6.74. The summed E-state index contributed by atoms with van der Waals surface area (Å²) in [6.45, 7) is 7.05. The molecular formula is C22H28FN3O+2. The lowest BCUT2D eigenvalue weighted by molar-refractivity contribution is -1.02. The number of hydrogen-bond acceptors (Lipinski definition) is 1. The van der Waals surface area contributed by atoms with E-state index in [9.17, 15) is 9.18 Å². The molecule has 1 aliphatic heterocycles. The van der Waals surface area contributed by atoms with E-state index < -0.39 is 0 Å². The fourth-order valence-electron chi connectivity index (χ4n) is 3.46. The van der Waals surface area contributed by atoms with E-state index in [0.29, 0.717) is 5.69 Å². The van der Waals surface area contributed by atoms with E-state index in [1.165, 1.54) is 22.6 Å². The highest BCUT2D eigenvalue weighted by Gasteiger charge is 2.30. The van der Waals surface area contributed by atoms with Gasteiger partial charge < -0.3 is 15.1 Å². The maximum atomic E-state index is 13.0. The molecule has 0 unspecified atom stereocenters. The van der Waals surface area contributed by atoms with Crippen LogP contribution in [0.4, 0.5) is 10.1 Å². The summed E-state index contributed by atoms with van der Waals surface area (Å²) in [6.07, 6.45) is 4.41. The van der Waals surface area contributed by atoms with Crippen LogP contribution in [0.25, 0.3) is 6.08 Å². The smallest absolute Gasteiger partial charge is 0.282 e. The zero-order valence-corrected chi connectivity index (χ0v) is 15.7. The number of piperazine rings is 1. The molecule has 1 aliphatic rings. The average molecular weight is 369 g/mol. The molecule has 1 fully saturated rings. The van der Waals surface area contributed by atoms with Crippen molar-refractivity contribution in [2.75, 3.05) is 38.0 Å². The summed E-state index contributed by atoms with van der Waals surface area (Å²) in [7, 11) is 0. The van der Waals surface area contributed by atoms with Crippen molar-refractivity contribution in [3.05, 3.63) is 72.1 Å². The largest absolute Gasteiger partial charge is 0.322 e. The van der Waals surface area contributed by atoms with Crippen LogP contribution >= 0.6 is 0 Å². The van der Waals surface area contributed by atoms with Crippen molar-refractivity contribution in [3.63, 3.8) is 0 Å². The Balaban J connectivity index is 1.43. The SMILES string of the molecule is C[C@@H](C(=O)Nc1ccc(F)cc1)[NH+]1CC[NH+](C/C=C/c2ccccc2)CC1. The van der Waals surface area contributed by atoms with Crippen LogP contribution in [-0.4, -0.2) is 44.7 Å². The van der Waals surface area contributed by atoms with Crippen LogP contribution in [0.1, 0.15) is 12.5 Å². The van der Waals surface area contributed by atoms with E-state index in [0.717, 1.165) is 32.7 Å². The van der Waals surface area contributed by atoms with Crippen LogP contribution in [0.3, 0.4) is 0 Å². The fraction of sp³-hybridized carbons (Fsp3) is 0.318. The Hall–Kier alpha value is -2.50. The predicted octanol–water partition coefficient (Wildman–Crippen LogP) is 0.650. The molecule has 142 valence electrons. The predicted molar refractivity (Wildman–Crippen MR) is 106 cm³/mol. The third-order valence-corrected chi connectivity index (χ3v) is 5.23. The quantitative estimate of drug-likeness (QED) is 0.687. The van der Waals surface area contributed by atoms with E-state index in [4.69, 9.17) is 0 Å². The lowest BCUT2D eigenvalue weighted by Gasteiger charge is -2.32. The van der Waals surface area contributed by atoms with Crippen molar-refractivity contribution in [3.8, 4) is 0 Å². The molecule has 4 nitrogen and oxygen atoms in total. The number of nitrogens with one attached hydrogen (secondary N) is 3. The molecule has 1 amide bonds. The number of rotatable bonds is 6. The highest BCUT2D eigenvalue weighted by molar-refractivity contribution is 5.93. The molecule has 2 aromatic rings. The van der Waals surface area contributed by atoms with Crippen LogP contribution in [0.15, 0.2) is 60.7 Å². The van der Waals surface area contributed by atoms with E-state index >= 15 is 0 Å². The molecule has 1 atom stereocenters. The number of amides is 1. The van der Waals surface area contributed by atoms with Gasteiger partial charge in [-0.25, -0.2) is 4.39 Å². The second-order valence-corrected chi connectivity index (χ2v) is 7.14. The second kappa shape index (κ2) is 9.44. The van der Waals surface area contributed by atoms with Gasteiger partial charge in [0.25, 0.3) is 5.91 Å². The van der Waals surface area contributed by atoms with Crippen LogP contribution in [0, 0.1) is 5.82 Å². The van der Waals surface area contributed by atoms with Gasteiger partial charge in [-0.1, -0.05) is 36.4 Å². The Labute approximate surface area is 160 Å². The van der Waals surface area contributed by atoms with Crippen molar-refractivity contribution in [2.24, 2.45) is 0 Å². The Morgan fingerprint density at radius 1 is 1.07 bits per heavy atom. The summed E-state index contributed by atoms with van der Waals surface area (Å²) in [4.78, 5) is 15.3. The highest BCUT2D eigenvalue weighted by atomic mass is 19.1. The third-order valence-electron chi connectivity index (χ3n) is 5.23. The summed E-state index contributed by atoms with van der Waals surface area (Å²) in [6, 6.07) is 16.1. The number of quaternary nitrogens is 2. The minimum absolute atomic E-state index is 0.0102. The molecule has 5 heteroatoms. The molecule has 3 N–H and O–H groups in total. The molecule has 0 aliphatic carbocycles. The maximum absolute atomic E-state index is 13.0. The van der Waals surface area contributed by atoms with Crippen LogP contribution < -0.4 is 15.1 Å². The van der Waals surface area contributed by atoms with Gasteiger partial charge in [-0.3, -0.25) is 4.79 Å². The molecule has 0 radical (unpaired) electrons. The van der Waals surface area contributed by atoms with Gasteiger partial charge in [0.15, 0.2) is 6.04 Å². The second-order valence-electron chi connectivity index (χ2n) is 7.14. The minimum atomic E-state index is -0.299. The average Bonchev–Trinajstić information content (AvgIpc) is 2.70. The maximum Gasteiger partial charge on any atom is 0.282 e. The van der Waals surface area contributed by atoms with Crippen molar-refractivity contribution < 1.29 is 19.0 Å². The minimum Gasteiger partial charge on any atom is -0.322 e. The molecule has 0 spiro atoms. The van der Waals surface area contributed by atoms with E-state index in [1.807, 2.05) is 25.1 Å². The number of benzene rings is 2. The molecule has 1 saturated heterocycles. The van der Waals surface area contributed by atoms with Crippen molar-refractivity contribution >= 4 is 17.7 Å². The molecule has 0 aromatic heterocycles. The van der Waals surface area contributed by atoms with Gasteiger partial charge in [0.2, 0.25) is 0 Å². The Morgan fingerprint density at radius 3 is 2.41 bits per heavy atom. The normalized spacial score (nSPS) is 21.1. The van der Waals surface area contributed by atoms with Gasteiger partial charge in [-0.05, 0) is 42.8 Å². The van der Waals surface area contributed by atoms with Gasteiger partial charge in [0.05, 0.1) is 6.54 Å². The van der Waals surface area contributed by atoms with Gasteiger partial charge in [-0.2, -0.15) is 0 Å². The summed E-state index contributed by atoms with van der Waals surface area (Å²) in [5, 5.41) is 2.89. The lowest BCUT2D eigenvalue weighted by atomic mass is 10.2. The molecule has 2 aromatic carbocycles. The van der Waals surface area contributed by atoms with Crippen LogP contribution in [0.2, 0.25) is 0 Å². The zero-order chi connectivity index (χ0) is 19.1. The summed E-state index contributed by atoms with van der Waals surface area (Å²) in [5.74, 6) is -0.309. The van der Waals surface area contributed by atoms with Gasteiger partial charge in [0.1, 0.15) is 32.0 Å². The number of hydrogen-bond donors (Lipinski definition) is 3. The molecule has 27 heavy (non-hydrogen) atoms. The number of halogens is 1. The fourth-order valence-corrected chi connectivity index (χ4v) is 3.46. The van der Waals surface area contributed by atoms with Crippen molar-refractivity contribution in [1.29, 1.82) is 0 Å². The molecule has 1 heterocycles. The first-order valence-corrected chi connectivity index (χ1v) is 9.58. The van der Waals surface area contributed by atoms with E-state index in [-0.39, 0.29) is 17.8 Å². The molecular weight excluding hydrogens is 341 g/mol. The number of anilines is 1. The summed E-state index contributed by atoms with van der Waals surface area (Å²) >= 11 is 0. The first-order chi connectivity index (χ1) is 13.1. The summed E-state index contributed by atoms with van der Waals surface area (Å²) in [5.41, 5.74) is 1.87. The van der Waals surface area contributed by atoms with Gasteiger partial charge in [0, 0.05) is 5.69 Å². The molecule has 0 saturated carbocycles. The monoisotopic (exact) mass is 369 g/mol. The first kappa shape index (κ1) is 19.3.